The van der Waals surface area contributed by atoms with Crippen molar-refractivity contribution in [2.45, 2.75) is 6.42 Å². The lowest BCUT2D eigenvalue weighted by Crippen LogP contribution is -2.35. The van der Waals surface area contributed by atoms with Crippen LogP contribution >= 0.6 is 27.3 Å². The zero-order valence-corrected chi connectivity index (χ0v) is 16.0. The molecule has 25 heavy (non-hydrogen) atoms. The van der Waals surface area contributed by atoms with Gasteiger partial charge in [0.15, 0.2) is 0 Å². The first-order valence-corrected chi connectivity index (χ1v) is 9.92. The number of halogens is 1. The van der Waals surface area contributed by atoms with E-state index in [1.807, 2.05) is 33.9 Å². The lowest BCUT2D eigenvalue weighted by Gasteiger charge is -2.23. The molecule has 0 atom stereocenters. The Kier molecular flexibility index (Phi) is 4.67. The minimum atomic E-state index is 0.124. The molecule has 0 spiro atoms. The zero-order chi connectivity index (χ0) is 17.2. The molecule has 0 radical (unpaired) electrons. The molecule has 0 bridgehead atoms. The van der Waals surface area contributed by atoms with Gasteiger partial charge in [-0.3, -0.25) is 4.79 Å². The second-order valence-corrected chi connectivity index (χ2v) is 7.70. The molecule has 4 rings (SSSR count). The Morgan fingerprint density at radius 1 is 1.12 bits per heavy atom. The van der Waals surface area contributed by atoms with E-state index in [2.05, 4.69) is 36.9 Å². The number of carbonyl (C=O) groups excluding carboxylic acids is 1. The number of carbonyl (C=O) groups is 1. The third-order valence-electron chi connectivity index (χ3n) is 4.43. The Morgan fingerprint density at radius 3 is 2.88 bits per heavy atom. The highest BCUT2D eigenvalue weighted by atomic mass is 79.9. The molecule has 1 saturated heterocycles. The van der Waals surface area contributed by atoms with Crippen molar-refractivity contribution in [3.63, 3.8) is 0 Å². The van der Waals surface area contributed by atoms with Crippen LogP contribution in [0.5, 0.6) is 0 Å². The van der Waals surface area contributed by atoms with Crippen LogP contribution in [0, 0.1) is 0 Å². The second kappa shape index (κ2) is 7.09. The molecule has 1 aromatic carbocycles. The lowest BCUT2D eigenvalue weighted by atomic mass is 10.2. The summed E-state index contributed by atoms with van der Waals surface area (Å²) >= 11 is 5.09. The van der Waals surface area contributed by atoms with Crippen LogP contribution in [0.4, 0.5) is 5.82 Å². The molecule has 7 heteroatoms. The van der Waals surface area contributed by atoms with Gasteiger partial charge >= 0.3 is 0 Å². The monoisotopic (exact) mass is 416 g/mol. The molecule has 1 aliphatic rings. The summed E-state index contributed by atoms with van der Waals surface area (Å²) in [5.41, 5.74) is 1.72. The van der Waals surface area contributed by atoms with Crippen LogP contribution in [-0.2, 0) is 0 Å². The molecular formula is C18H17BrN4OS. The van der Waals surface area contributed by atoms with Crippen molar-refractivity contribution in [1.29, 1.82) is 0 Å². The number of fused-ring (bicyclic) bond motifs is 1. The summed E-state index contributed by atoms with van der Waals surface area (Å²) in [6.07, 6.45) is 2.54. The van der Waals surface area contributed by atoms with E-state index in [1.165, 1.54) is 0 Å². The van der Waals surface area contributed by atoms with Gasteiger partial charge in [-0.2, -0.15) is 11.3 Å². The highest BCUT2D eigenvalue weighted by molar-refractivity contribution is 9.10. The van der Waals surface area contributed by atoms with Crippen molar-refractivity contribution < 1.29 is 4.79 Å². The zero-order valence-electron chi connectivity index (χ0n) is 13.6. The molecule has 3 aromatic rings. The van der Waals surface area contributed by atoms with E-state index in [4.69, 9.17) is 0 Å². The highest BCUT2D eigenvalue weighted by Gasteiger charge is 2.22. The Bertz CT molecular complexity index is 899. The average Bonchev–Trinajstić information content (AvgIpc) is 3.05. The summed E-state index contributed by atoms with van der Waals surface area (Å²) in [6, 6.07) is 7.94. The molecule has 2 aromatic heterocycles. The summed E-state index contributed by atoms with van der Waals surface area (Å²) in [5.74, 6) is 1.06. The number of benzene rings is 1. The fourth-order valence-corrected chi connectivity index (χ4v) is 4.16. The van der Waals surface area contributed by atoms with Gasteiger partial charge in [0.05, 0.1) is 11.1 Å². The fourth-order valence-electron chi connectivity index (χ4n) is 3.17. The van der Waals surface area contributed by atoms with E-state index in [9.17, 15) is 4.79 Å². The third kappa shape index (κ3) is 3.39. The maximum absolute atomic E-state index is 12.6. The van der Waals surface area contributed by atoms with Crippen LogP contribution in [0.1, 0.15) is 16.8 Å². The molecule has 0 aliphatic carbocycles. The van der Waals surface area contributed by atoms with Crippen molar-refractivity contribution in [2.75, 3.05) is 31.1 Å². The highest BCUT2D eigenvalue weighted by Crippen LogP contribution is 2.27. The van der Waals surface area contributed by atoms with Gasteiger partial charge in [0.25, 0.3) is 5.91 Å². The first kappa shape index (κ1) is 16.5. The summed E-state index contributed by atoms with van der Waals surface area (Å²) < 4.78 is 1.01. The van der Waals surface area contributed by atoms with Crippen LogP contribution in [0.2, 0.25) is 0 Å². The SMILES string of the molecule is O=C(c1ccsc1)N1CCCN(c2ncnc3ccc(Br)cc23)CC1. The molecule has 0 saturated carbocycles. The summed E-state index contributed by atoms with van der Waals surface area (Å²) in [7, 11) is 0. The van der Waals surface area contributed by atoms with E-state index in [-0.39, 0.29) is 5.91 Å². The molecule has 5 nitrogen and oxygen atoms in total. The quantitative estimate of drug-likeness (QED) is 0.637. The lowest BCUT2D eigenvalue weighted by molar-refractivity contribution is 0.0767. The van der Waals surface area contributed by atoms with Gasteiger partial charge < -0.3 is 9.80 Å². The Labute approximate surface area is 158 Å². The predicted molar refractivity (Wildman–Crippen MR) is 104 cm³/mol. The number of anilines is 1. The Balaban J connectivity index is 1.57. The molecule has 1 amide bonds. The van der Waals surface area contributed by atoms with Gasteiger partial charge in [0.2, 0.25) is 0 Å². The van der Waals surface area contributed by atoms with Crippen LogP contribution in [0.3, 0.4) is 0 Å². The van der Waals surface area contributed by atoms with Crippen molar-refractivity contribution in [1.82, 2.24) is 14.9 Å². The summed E-state index contributed by atoms with van der Waals surface area (Å²) in [4.78, 5) is 25.7. The molecule has 0 unspecified atom stereocenters. The summed E-state index contributed by atoms with van der Waals surface area (Å²) in [6.45, 7) is 3.13. The van der Waals surface area contributed by atoms with Crippen molar-refractivity contribution in [3.05, 3.63) is 51.4 Å². The van der Waals surface area contributed by atoms with Crippen LogP contribution in [0.15, 0.2) is 45.8 Å². The maximum atomic E-state index is 12.6. The number of amides is 1. The van der Waals surface area contributed by atoms with Crippen molar-refractivity contribution in [3.8, 4) is 0 Å². The van der Waals surface area contributed by atoms with E-state index in [0.717, 1.165) is 52.8 Å². The van der Waals surface area contributed by atoms with Crippen molar-refractivity contribution in [2.24, 2.45) is 0 Å². The summed E-state index contributed by atoms with van der Waals surface area (Å²) in [5, 5.41) is 4.90. The molecule has 0 N–H and O–H groups in total. The minimum Gasteiger partial charge on any atom is -0.354 e. The normalized spacial score (nSPS) is 15.4. The number of hydrogen-bond acceptors (Lipinski definition) is 5. The van der Waals surface area contributed by atoms with Gasteiger partial charge in [-0.25, -0.2) is 9.97 Å². The van der Waals surface area contributed by atoms with Gasteiger partial charge in [-0.1, -0.05) is 15.9 Å². The van der Waals surface area contributed by atoms with Crippen LogP contribution < -0.4 is 4.90 Å². The Morgan fingerprint density at radius 2 is 2.04 bits per heavy atom. The van der Waals surface area contributed by atoms with Gasteiger partial charge in [0.1, 0.15) is 12.1 Å². The van der Waals surface area contributed by atoms with E-state index < -0.39 is 0 Å². The third-order valence-corrected chi connectivity index (χ3v) is 5.60. The first-order chi connectivity index (χ1) is 12.2. The number of thiophene rings is 1. The van der Waals surface area contributed by atoms with E-state index in [0.29, 0.717) is 6.54 Å². The van der Waals surface area contributed by atoms with Gasteiger partial charge in [-0.15, -0.1) is 0 Å². The fraction of sp³-hybridized carbons (Fsp3) is 0.278. The molecule has 1 aliphatic heterocycles. The first-order valence-electron chi connectivity index (χ1n) is 8.19. The number of aromatic nitrogens is 2. The number of hydrogen-bond donors (Lipinski definition) is 0. The minimum absolute atomic E-state index is 0.124. The standard InChI is InChI=1S/C18H17BrN4OS/c19-14-2-3-16-15(10-14)17(21-12-20-16)22-5-1-6-23(8-7-22)18(24)13-4-9-25-11-13/h2-4,9-12H,1,5-8H2. The Hall–Kier alpha value is -1.99. The van der Waals surface area contributed by atoms with Gasteiger partial charge in [0, 0.05) is 41.4 Å². The smallest absolute Gasteiger partial charge is 0.254 e. The van der Waals surface area contributed by atoms with E-state index >= 15 is 0 Å². The second-order valence-electron chi connectivity index (χ2n) is 6.00. The predicted octanol–water partition coefficient (Wildman–Crippen LogP) is 3.81. The number of nitrogens with zero attached hydrogens (tertiary/aromatic N) is 4. The molecule has 3 heterocycles. The molecule has 128 valence electrons. The maximum Gasteiger partial charge on any atom is 0.254 e. The van der Waals surface area contributed by atoms with Crippen LogP contribution in [0.25, 0.3) is 10.9 Å². The topological polar surface area (TPSA) is 49.3 Å². The molecular weight excluding hydrogens is 400 g/mol. The van der Waals surface area contributed by atoms with E-state index in [1.54, 1.807) is 17.7 Å². The van der Waals surface area contributed by atoms with Crippen molar-refractivity contribution >= 4 is 49.9 Å². The largest absolute Gasteiger partial charge is 0.354 e. The number of rotatable bonds is 2. The molecule has 1 fully saturated rings. The van der Waals surface area contributed by atoms with Gasteiger partial charge in [-0.05, 0) is 36.1 Å². The average molecular weight is 417 g/mol. The van der Waals surface area contributed by atoms with Crippen LogP contribution in [-0.4, -0.2) is 47.0 Å².